The van der Waals surface area contributed by atoms with E-state index in [0.717, 1.165) is 48.9 Å². The second-order valence-electron chi connectivity index (χ2n) is 8.04. The largest absolute Gasteiger partial charge is 0.342 e. The number of hydrogen-bond donors (Lipinski definition) is 0. The van der Waals surface area contributed by atoms with Crippen molar-refractivity contribution < 1.29 is 4.79 Å². The SMILES string of the molecule is Cc1cccc(-c2nnc(SCC(=O)N3CCC(Cc4ccccc4)CC3)n2C)c1. The average Bonchev–Trinajstić information content (AvgIpc) is 3.13. The molecule has 1 aromatic heterocycles. The van der Waals surface area contributed by atoms with Crippen LogP contribution in [0.5, 0.6) is 0 Å². The Labute approximate surface area is 182 Å². The number of carbonyl (C=O) groups excluding carboxylic acids is 1. The lowest BCUT2D eigenvalue weighted by Gasteiger charge is -2.32. The molecule has 1 fully saturated rings. The van der Waals surface area contributed by atoms with Crippen LogP contribution in [-0.2, 0) is 18.3 Å². The molecule has 0 bridgehead atoms. The number of rotatable bonds is 6. The molecule has 0 spiro atoms. The molecule has 6 heteroatoms. The molecule has 0 N–H and O–H groups in total. The van der Waals surface area contributed by atoms with Gasteiger partial charge >= 0.3 is 0 Å². The topological polar surface area (TPSA) is 51.0 Å². The molecule has 2 heterocycles. The van der Waals surface area contributed by atoms with Crippen LogP contribution in [0.4, 0.5) is 0 Å². The van der Waals surface area contributed by atoms with Gasteiger partial charge in [0.2, 0.25) is 5.91 Å². The number of aromatic nitrogens is 3. The van der Waals surface area contributed by atoms with Gasteiger partial charge < -0.3 is 9.47 Å². The summed E-state index contributed by atoms with van der Waals surface area (Å²) in [5, 5.41) is 9.41. The van der Waals surface area contributed by atoms with Crippen LogP contribution in [0.25, 0.3) is 11.4 Å². The summed E-state index contributed by atoms with van der Waals surface area (Å²) in [5.41, 5.74) is 3.63. The van der Waals surface area contributed by atoms with Crippen LogP contribution in [0.3, 0.4) is 0 Å². The van der Waals surface area contributed by atoms with E-state index in [2.05, 4.69) is 59.6 Å². The highest BCUT2D eigenvalue weighted by Crippen LogP contribution is 2.25. The van der Waals surface area contributed by atoms with Crippen molar-refractivity contribution in [3.63, 3.8) is 0 Å². The highest BCUT2D eigenvalue weighted by Gasteiger charge is 2.23. The summed E-state index contributed by atoms with van der Waals surface area (Å²) in [4.78, 5) is 14.7. The Kier molecular flexibility index (Phi) is 6.53. The smallest absolute Gasteiger partial charge is 0.233 e. The van der Waals surface area contributed by atoms with E-state index in [1.165, 1.54) is 22.9 Å². The van der Waals surface area contributed by atoms with Gasteiger partial charge in [-0.3, -0.25) is 4.79 Å². The molecule has 1 aliphatic heterocycles. The second kappa shape index (κ2) is 9.47. The maximum atomic E-state index is 12.7. The van der Waals surface area contributed by atoms with Crippen molar-refractivity contribution in [3.8, 4) is 11.4 Å². The molecule has 2 aromatic carbocycles. The Morgan fingerprint density at radius 1 is 1.07 bits per heavy atom. The first kappa shape index (κ1) is 20.7. The van der Waals surface area contributed by atoms with Crippen LogP contribution in [0.2, 0.25) is 0 Å². The van der Waals surface area contributed by atoms with Crippen LogP contribution >= 0.6 is 11.8 Å². The van der Waals surface area contributed by atoms with Gasteiger partial charge in [-0.05, 0) is 43.7 Å². The molecule has 5 nitrogen and oxygen atoms in total. The summed E-state index contributed by atoms with van der Waals surface area (Å²) in [7, 11) is 1.96. The standard InChI is InChI=1S/C24H28N4OS/c1-18-7-6-10-21(15-18)23-25-26-24(27(23)2)30-17-22(29)28-13-11-20(12-14-28)16-19-8-4-3-5-9-19/h3-10,15,20H,11-14,16-17H2,1-2H3. The zero-order chi connectivity index (χ0) is 20.9. The third-order valence-corrected chi connectivity index (χ3v) is 6.78. The lowest BCUT2D eigenvalue weighted by molar-refractivity contribution is -0.129. The van der Waals surface area contributed by atoms with Crippen molar-refractivity contribution >= 4 is 17.7 Å². The predicted octanol–water partition coefficient (Wildman–Crippen LogP) is 4.36. The van der Waals surface area contributed by atoms with Crippen LogP contribution in [0.15, 0.2) is 59.8 Å². The van der Waals surface area contributed by atoms with Crippen molar-refractivity contribution in [1.29, 1.82) is 0 Å². The monoisotopic (exact) mass is 420 g/mol. The molecule has 1 saturated heterocycles. The van der Waals surface area contributed by atoms with E-state index in [0.29, 0.717) is 11.7 Å². The van der Waals surface area contributed by atoms with Gasteiger partial charge in [0.25, 0.3) is 0 Å². The van der Waals surface area contributed by atoms with Crippen molar-refractivity contribution in [1.82, 2.24) is 19.7 Å². The van der Waals surface area contributed by atoms with Gasteiger partial charge in [0, 0.05) is 25.7 Å². The lowest BCUT2D eigenvalue weighted by atomic mass is 9.90. The Bertz CT molecular complexity index is 993. The number of aryl methyl sites for hydroxylation is 1. The van der Waals surface area contributed by atoms with Crippen LogP contribution in [0, 0.1) is 12.8 Å². The highest BCUT2D eigenvalue weighted by atomic mass is 32.2. The maximum absolute atomic E-state index is 12.7. The summed E-state index contributed by atoms with van der Waals surface area (Å²) in [6, 6.07) is 18.9. The van der Waals surface area contributed by atoms with Crippen molar-refractivity contribution in [3.05, 3.63) is 65.7 Å². The molecule has 1 aliphatic rings. The molecule has 0 radical (unpaired) electrons. The molecule has 156 valence electrons. The second-order valence-corrected chi connectivity index (χ2v) is 8.98. The summed E-state index contributed by atoms with van der Waals surface area (Å²) < 4.78 is 1.97. The summed E-state index contributed by atoms with van der Waals surface area (Å²) in [6.45, 7) is 3.77. The first-order valence-electron chi connectivity index (χ1n) is 10.5. The third-order valence-electron chi connectivity index (χ3n) is 5.77. The van der Waals surface area contributed by atoms with E-state index >= 15 is 0 Å². The quantitative estimate of drug-likeness (QED) is 0.556. The van der Waals surface area contributed by atoms with Gasteiger partial charge in [0.1, 0.15) is 0 Å². The van der Waals surface area contributed by atoms with Gasteiger partial charge in [-0.25, -0.2) is 0 Å². The number of nitrogens with zero attached hydrogens (tertiary/aromatic N) is 4. The van der Waals surface area contributed by atoms with Gasteiger partial charge in [-0.15, -0.1) is 10.2 Å². The van der Waals surface area contributed by atoms with E-state index in [-0.39, 0.29) is 5.91 Å². The van der Waals surface area contributed by atoms with Gasteiger partial charge in [0.15, 0.2) is 11.0 Å². The zero-order valence-corrected chi connectivity index (χ0v) is 18.4. The number of hydrogen-bond acceptors (Lipinski definition) is 4. The normalized spacial score (nSPS) is 14.8. The molecule has 0 atom stereocenters. The fourth-order valence-corrected chi connectivity index (χ4v) is 4.84. The Hall–Kier alpha value is -2.60. The van der Waals surface area contributed by atoms with Gasteiger partial charge in [0.05, 0.1) is 5.75 Å². The first-order chi connectivity index (χ1) is 14.6. The molecule has 3 aromatic rings. The molecule has 0 unspecified atom stereocenters. The number of piperidine rings is 1. The fourth-order valence-electron chi connectivity index (χ4n) is 4.03. The summed E-state index contributed by atoms with van der Waals surface area (Å²) >= 11 is 1.47. The molecule has 1 amide bonds. The predicted molar refractivity (Wildman–Crippen MR) is 121 cm³/mol. The van der Waals surface area contributed by atoms with E-state index in [4.69, 9.17) is 0 Å². The number of thioether (sulfide) groups is 1. The van der Waals surface area contributed by atoms with Crippen molar-refractivity contribution in [2.24, 2.45) is 13.0 Å². The Balaban J connectivity index is 1.28. The van der Waals surface area contributed by atoms with Crippen LogP contribution in [0.1, 0.15) is 24.0 Å². The minimum atomic E-state index is 0.193. The molecular formula is C24H28N4OS. The van der Waals surface area contributed by atoms with Crippen molar-refractivity contribution in [2.45, 2.75) is 31.3 Å². The molecule has 4 rings (SSSR count). The highest BCUT2D eigenvalue weighted by molar-refractivity contribution is 7.99. The van der Waals surface area contributed by atoms with Crippen LogP contribution < -0.4 is 0 Å². The maximum Gasteiger partial charge on any atom is 0.233 e. The van der Waals surface area contributed by atoms with E-state index in [1.807, 2.05) is 28.6 Å². The minimum absolute atomic E-state index is 0.193. The van der Waals surface area contributed by atoms with E-state index in [9.17, 15) is 4.79 Å². The number of amides is 1. The molecule has 0 saturated carbocycles. The minimum Gasteiger partial charge on any atom is -0.342 e. The van der Waals surface area contributed by atoms with E-state index < -0.39 is 0 Å². The fraction of sp³-hybridized carbons (Fsp3) is 0.375. The average molecular weight is 421 g/mol. The van der Waals surface area contributed by atoms with E-state index in [1.54, 1.807) is 0 Å². The zero-order valence-electron chi connectivity index (χ0n) is 17.6. The molecular weight excluding hydrogens is 392 g/mol. The van der Waals surface area contributed by atoms with Gasteiger partial charge in [-0.1, -0.05) is 65.9 Å². The molecule has 30 heavy (non-hydrogen) atoms. The van der Waals surface area contributed by atoms with Gasteiger partial charge in [-0.2, -0.15) is 0 Å². The molecule has 0 aliphatic carbocycles. The number of benzene rings is 2. The number of likely N-dealkylation sites (tertiary alicyclic amines) is 1. The summed E-state index contributed by atoms with van der Waals surface area (Å²) in [6.07, 6.45) is 3.26. The number of carbonyl (C=O) groups is 1. The third kappa shape index (κ3) is 4.93. The Morgan fingerprint density at radius 2 is 1.83 bits per heavy atom. The Morgan fingerprint density at radius 3 is 2.57 bits per heavy atom. The van der Waals surface area contributed by atoms with Crippen molar-refractivity contribution in [2.75, 3.05) is 18.8 Å². The summed E-state index contributed by atoms with van der Waals surface area (Å²) in [5.74, 6) is 2.09. The lowest BCUT2D eigenvalue weighted by Crippen LogP contribution is -2.39. The first-order valence-corrected chi connectivity index (χ1v) is 11.5. The van der Waals surface area contributed by atoms with Crippen LogP contribution in [-0.4, -0.2) is 44.4 Å².